The molecule has 0 aliphatic rings. The molecule has 0 aromatic carbocycles. The van der Waals surface area contributed by atoms with Gasteiger partial charge in [-0.15, -0.1) is 22.7 Å². The minimum atomic E-state index is -3.92. The van der Waals surface area contributed by atoms with E-state index in [2.05, 4.69) is 9.71 Å². The summed E-state index contributed by atoms with van der Waals surface area (Å²) < 4.78 is 27.4. The molecular formula is C12H14N2O4S3. The largest absolute Gasteiger partial charge is 0.477 e. The second-order valence-corrected chi connectivity index (χ2v) is 7.97. The van der Waals surface area contributed by atoms with Crippen LogP contribution in [0, 0.1) is 13.8 Å². The molecule has 2 N–H and O–H groups in total. The van der Waals surface area contributed by atoms with E-state index in [1.54, 1.807) is 13.8 Å². The van der Waals surface area contributed by atoms with Crippen molar-refractivity contribution in [2.75, 3.05) is 0 Å². The number of carbonyl (C=O) groups is 1. The maximum atomic E-state index is 12.4. The number of aryl methyl sites for hydroxylation is 2. The van der Waals surface area contributed by atoms with Gasteiger partial charge in [0.05, 0.1) is 6.04 Å². The molecule has 2 aromatic rings. The average Bonchev–Trinajstić information content (AvgIpc) is 2.95. The van der Waals surface area contributed by atoms with Crippen LogP contribution in [0.1, 0.15) is 38.9 Å². The molecule has 0 amide bonds. The predicted molar refractivity (Wildman–Crippen MR) is 81.6 cm³/mol. The van der Waals surface area contributed by atoms with E-state index in [0.717, 1.165) is 17.0 Å². The first-order chi connectivity index (χ1) is 9.72. The number of aromatic nitrogens is 1. The smallest absolute Gasteiger partial charge is 0.347 e. The topological polar surface area (TPSA) is 96.4 Å². The first kappa shape index (κ1) is 16.1. The Balaban J connectivity index is 2.35. The summed E-state index contributed by atoms with van der Waals surface area (Å²) in [4.78, 5) is 15.0. The van der Waals surface area contributed by atoms with Gasteiger partial charge in [0.1, 0.15) is 14.8 Å². The molecule has 1 unspecified atom stereocenters. The van der Waals surface area contributed by atoms with Crippen molar-refractivity contribution in [2.45, 2.75) is 31.7 Å². The van der Waals surface area contributed by atoms with Gasteiger partial charge in [-0.3, -0.25) is 0 Å². The molecule has 0 saturated heterocycles. The SMILES string of the molecule is Cc1csc(C(C)NS(=O)(=O)c2c(C)csc2C(=O)O)n1. The zero-order valence-corrected chi connectivity index (χ0v) is 14.0. The molecule has 6 nitrogen and oxygen atoms in total. The van der Waals surface area contributed by atoms with Crippen LogP contribution in [-0.4, -0.2) is 24.5 Å². The Morgan fingerprint density at radius 3 is 2.52 bits per heavy atom. The minimum absolute atomic E-state index is 0.167. The quantitative estimate of drug-likeness (QED) is 0.867. The normalized spacial score (nSPS) is 13.3. The fourth-order valence-corrected chi connectivity index (χ4v) is 5.54. The average molecular weight is 346 g/mol. The fraction of sp³-hybridized carbons (Fsp3) is 0.333. The Kier molecular flexibility index (Phi) is 4.47. The lowest BCUT2D eigenvalue weighted by atomic mass is 10.3. The van der Waals surface area contributed by atoms with Crippen LogP contribution >= 0.6 is 22.7 Å². The maximum absolute atomic E-state index is 12.4. The predicted octanol–water partition coefficient (Wildman–Crippen LogP) is 2.56. The molecule has 2 rings (SSSR count). The van der Waals surface area contributed by atoms with Crippen LogP contribution in [0.25, 0.3) is 0 Å². The van der Waals surface area contributed by atoms with Crippen molar-refractivity contribution in [1.82, 2.24) is 9.71 Å². The number of nitrogens with zero attached hydrogens (tertiary/aromatic N) is 1. The van der Waals surface area contributed by atoms with Crippen LogP contribution in [0.2, 0.25) is 0 Å². The van der Waals surface area contributed by atoms with Gasteiger partial charge in [-0.1, -0.05) is 0 Å². The van der Waals surface area contributed by atoms with Crippen molar-refractivity contribution in [2.24, 2.45) is 0 Å². The highest BCUT2D eigenvalue weighted by Gasteiger charge is 2.28. The number of thiazole rings is 1. The number of aromatic carboxylic acids is 1. The highest BCUT2D eigenvalue weighted by Crippen LogP contribution is 2.28. The zero-order chi connectivity index (χ0) is 15.8. The molecule has 114 valence electrons. The summed E-state index contributed by atoms with van der Waals surface area (Å²) in [6.07, 6.45) is 0. The summed E-state index contributed by atoms with van der Waals surface area (Å²) in [5, 5.41) is 13.1. The van der Waals surface area contributed by atoms with Gasteiger partial charge in [0.25, 0.3) is 0 Å². The van der Waals surface area contributed by atoms with Crippen molar-refractivity contribution >= 4 is 38.7 Å². The van der Waals surface area contributed by atoms with Crippen LogP contribution < -0.4 is 4.72 Å². The van der Waals surface area contributed by atoms with Gasteiger partial charge in [0.15, 0.2) is 0 Å². The monoisotopic (exact) mass is 346 g/mol. The molecule has 0 fully saturated rings. The highest BCUT2D eigenvalue weighted by atomic mass is 32.2. The lowest BCUT2D eigenvalue weighted by molar-refractivity contribution is 0.0698. The minimum Gasteiger partial charge on any atom is -0.477 e. The summed E-state index contributed by atoms with van der Waals surface area (Å²) in [5.41, 5.74) is 1.24. The van der Waals surface area contributed by atoms with Crippen LogP contribution in [-0.2, 0) is 10.0 Å². The third-order valence-electron chi connectivity index (χ3n) is 2.72. The lowest BCUT2D eigenvalue weighted by Crippen LogP contribution is -2.28. The van der Waals surface area contributed by atoms with E-state index >= 15 is 0 Å². The number of carboxylic acid groups (broad SMARTS) is 1. The third kappa shape index (κ3) is 3.31. The van der Waals surface area contributed by atoms with Gasteiger partial charge in [-0.05, 0) is 31.7 Å². The van der Waals surface area contributed by atoms with E-state index in [0.29, 0.717) is 10.6 Å². The number of rotatable bonds is 5. The number of sulfonamides is 1. The molecule has 1 atom stereocenters. The van der Waals surface area contributed by atoms with Crippen LogP contribution in [0.4, 0.5) is 0 Å². The van der Waals surface area contributed by atoms with Crippen molar-refractivity contribution in [3.8, 4) is 0 Å². The summed E-state index contributed by atoms with van der Waals surface area (Å²) >= 11 is 2.26. The summed E-state index contributed by atoms with van der Waals surface area (Å²) in [6, 6.07) is -0.519. The van der Waals surface area contributed by atoms with Gasteiger partial charge in [0.2, 0.25) is 10.0 Å². The van der Waals surface area contributed by atoms with Crippen molar-refractivity contribution < 1.29 is 18.3 Å². The second-order valence-electron chi connectivity index (χ2n) is 4.55. The Morgan fingerprint density at radius 1 is 1.33 bits per heavy atom. The van der Waals surface area contributed by atoms with Gasteiger partial charge < -0.3 is 5.11 Å². The van der Waals surface area contributed by atoms with Crippen molar-refractivity contribution in [3.63, 3.8) is 0 Å². The first-order valence-corrected chi connectivity index (χ1v) is 9.22. The van der Waals surface area contributed by atoms with E-state index < -0.39 is 22.0 Å². The highest BCUT2D eigenvalue weighted by molar-refractivity contribution is 7.89. The Hall–Kier alpha value is -1.29. The van der Waals surface area contributed by atoms with E-state index in [1.807, 2.05) is 12.3 Å². The summed E-state index contributed by atoms with van der Waals surface area (Å²) in [6.45, 7) is 5.08. The molecule has 9 heteroatoms. The van der Waals surface area contributed by atoms with Gasteiger partial charge in [-0.25, -0.2) is 22.9 Å². The van der Waals surface area contributed by atoms with Crippen molar-refractivity contribution in [1.29, 1.82) is 0 Å². The molecule has 0 bridgehead atoms. The molecule has 0 radical (unpaired) electrons. The van der Waals surface area contributed by atoms with E-state index in [-0.39, 0.29) is 9.77 Å². The Morgan fingerprint density at radius 2 is 2.00 bits per heavy atom. The maximum Gasteiger partial charge on any atom is 0.347 e. The molecule has 2 heterocycles. The summed E-state index contributed by atoms with van der Waals surface area (Å²) in [5.74, 6) is -1.24. The molecular weight excluding hydrogens is 332 g/mol. The Labute approximate surface area is 130 Å². The van der Waals surface area contributed by atoms with Gasteiger partial charge in [-0.2, -0.15) is 0 Å². The number of nitrogens with one attached hydrogen (secondary N) is 1. The standard InChI is InChI=1S/C12H14N2O4S3/c1-6-4-19-9(12(15)16)10(6)21(17,18)14-8(3)11-13-7(2)5-20-11/h4-5,8,14H,1-3H3,(H,15,16). The molecule has 2 aromatic heterocycles. The van der Waals surface area contributed by atoms with Gasteiger partial charge in [0, 0.05) is 11.1 Å². The number of hydrogen-bond donors (Lipinski definition) is 2. The van der Waals surface area contributed by atoms with Crippen LogP contribution in [0.15, 0.2) is 15.7 Å². The van der Waals surface area contributed by atoms with E-state index in [9.17, 15) is 13.2 Å². The molecule has 0 saturated carbocycles. The molecule has 0 aliphatic heterocycles. The van der Waals surface area contributed by atoms with E-state index in [4.69, 9.17) is 5.11 Å². The van der Waals surface area contributed by atoms with Crippen LogP contribution in [0.3, 0.4) is 0 Å². The lowest BCUT2D eigenvalue weighted by Gasteiger charge is -2.12. The molecule has 0 spiro atoms. The number of carboxylic acids is 1. The van der Waals surface area contributed by atoms with E-state index in [1.165, 1.54) is 16.7 Å². The van der Waals surface area contributed by atoms with Crippen molar-refractivity contribution in [3.05, 3.63) is 31.9 Å². The van der Waals surface area contributed by atoms with Gasteiger partial charge >= 0.3 is 5.97 Å². The third-order valence-corrected chi connectivity index (χ3v) is 6.81. The number of hydrogen-bond acceptors (Lipinski definition) is 6. The first-order valence-electron chi connectivity index (χ1n) is 5.98. The molecule has 21 heavy (non-hydrogen) atoms. The fourth-order valence-electron chi connectivity index (χ4n) is 1.83. The zero-order valence-electron chi connectivity index (χ0n) is 11.6. The summed E-state index contributed by atoms with van der Waals surface area (Å²) in [7, 11) is -3.92. The van der Waals surface area contributed by atoms with Crippen LogP contribution in [0.5, 0.6) is 0 Å². The second kappa shape index (κ2) is 5.84. The Bertz CT molecular complexity index is 776. The number of thiophene rings is 1. The molecule has 0 aliphatic carbocycles.